The van der Waals surface area contributed by atoms with Crippen molar-refractivity contribution in [3.63, 3.8) is 0 Å². The molecule has 2 rings (SSSR count). The number of benzene rings is 1. The minimum absolute atomic E-state index is 0.113. The van der Waals surface area contributed by atoms with Gasteiger partial charge in [0.1, 0.15) is 10.0 Å². The van der Waals surface area contributed by atoms with E-state index in [1.807, 2.05) is 0 Å². The van der Waals surface area contributed by atoms with Crippen LogP contribution in [0.5, 0.6) is 0 Å². The van der Waals surface area contributed by atoms with Crippen LogP contribution in [0.25, 0.3) is 0 Å². The number of nitrogens with one attached hydrogen (secondary N) is 1. The average Bonchev–Trinajstić information content (AvgIpc) is 2.97. The number of thiophene rings is 1. The summed E-state index contributed by atoms with van der Waals surface area (Å²) < 4.78 is 40.1. The molecule has 0 saturated carbocycles. The molecule has 0 amide bonds. The molecule has 2 aromatic rings. The van der Waals surface area contributed by atoms with Crippen molar-refractivity contribution in [1.82, 2.24) is 0 Å². The van der Waals surface area contributed by atoms with Crippen LogP contribution < -0.4 is 4.72 Å². The second-order valence-corrected chi connectivity index (χ2v) is 6.86. The van der Waals surface area contributed by atoms with Gasteiger partial charge in [0.05, 0.1) is 17.9 Å². The summed E-state index contributed by atoms with van der Waals surface area (Å²) in [7, 11) is -3.71. The highest BCUT2D eigenvalue weighted by molar-refractivity contribution is 7.94. The molecular formula is C14H12FNO3S2. The summed E-state index contributed by atoms with van der Waals surface area (Å²) in [6.45, 7) is -0.113. The van der Waals surface area contributed by atoms with Gasteiger partial charge in [0.2, 0.25) is 0 Å². The number of aliphatic hydroxyl groups is 1. The maximum absolute atomic E-state index is 13.3. The molecule has 4 nitrogen and oxygen atoms in total. The fourth-order valence-corrected chi connectivity index (χ4v) is 3.61. The summed E-state index contributed by atoms with van der Waals surface area (Å²) in [5.41, 5.74) is 0.429. The van der Waals surface area contributed by atoms with E-state index in [1.165, 1.54) is 12.1 Å². The van der Waals surface area contributed by atoms with E-state index >= 15 is 0 Å². The third-order valence-corrected chi connectivity index (χ3v) is 5.21. The molecule has 0 atom stereocenters. The highest BCUT2D eigenvalue weighted by Gasteiger charge is 2.16. The average molecular weight is 325 g/mol. The Kier molecular flexibility index (Phi) is 4.96. The van der Waals surface area contributed by atoms with Gasteiger partial charge < -0.3 is 5.11 Å². The highest BCUT2D eigenvalue weighted by atomic mass is 32.2. The third kappa shape index (κ3) is 4.04. The summed E-state index contributed by atoms with van der Waals surface area (Å²) in [6.07, 6.45) is 0.230. The van der Waals surface area contributed by atoms with Gasteiger partial charge in [-0.2, -0.15) is 0 Å². The number of sulfonamides is 1. The molecule has 0 fully saturated rings. The molecule has 0 bridgehead atoms. The topological polar surface area (TPSA) is 66.4 Å². The maximum atomic E-state index is 13.3. The summed E-state index contributed by atoms with van der Waals surface area (Å²) in [6, 6.07) is 6.74. The molecule has 1 aromatic carbocycles. The number of hydrogen-bond acceptors (Lipinski definition) is 4. The van der Waals surface area contributed by atoms with Crippen LogP contribution in [0.15, 0.2) is 39.9 Å². The molecule has 1 heterocycles. The van der Waals surface area contributed by atoms with E-state index in [2.05, 4.69) is 16.6 Å². The third-order valence-electron chi connectivity index (χ3n) is 2.45. The SMILES string of the molecule is O=S(=O)(Nc1ccc(F)cc1C#CCCO)c1cccs1. The quantitative estimate of drug-likeness (QED) is 0.849. The fraction of sp³-hybridized carbons (Fsp3) is 0.143. The van der Waals surface area contributed by atoms with E-state index in [4.69, 9.17) is 5.11 Å². The predicted octanol–water partition coefficient (Wildman–Crippen LogP) is 2.42. The molecule has 0 aliphatic heterocycles. The van der Waals surface area contributed by atoms with Crippen LogP contribution in [-0.2, 0) is 10.0 Å². The van der Waals surface area contributed by atoms with Gasteiger partial charge in [-0.15, -0.1) is 11.3 Å². The van der Waals surface area contributed by atoms with E-state index < -0.39 is 15.8 Å². The molecule has 1 aromatic heterocycles. The number of aliphatic hydroxyl groups excluding tert-OH is 1. The predicted molar refractivity (Wildman–Crippen MR) is 80.1 cm³/mol. The van der Waals surface area contributed by atoms with Gasteiger partial charge >= 0.3 is 0 Å². The van der Waals surface area contributed by atoms with Crippen LogP contribution in [-0.4, -0.2) is 20.1 Å². The molecule has 2 N–H and O–H groups in total. The van der Waals surface area contributed by atoms with Crippen molar-refractivity contribution in [3.05, 3.63) is 47.1 Å². The second-order valence-electron chi connectivity index (χ2n) is 4.00. The van der Waals surface area contributed by atoms with Crippen molar-refractivity contribution >= 4 is 27.0 Å². The molecule has 0 aliphatic carbocycles. The Morgan fingerprint density at radius 3 is 2.81 bits per heavy atom. The van der Waals surface area contributed by atoms with Crippen LogP contribution in [0.2, 0.25) is 0 Å². The first-order valence-electron chi connectivity index (χ1n) is 5.98. The number of anilines is 1. The summed E-state index contributed by atoms with van der Waals surface area (Å²) >= 11 is 1.09. The lowest BCUT2D eigenvalue weighted by atomic mass is 10.2. The summed E-state index contributed by atoms with van der Waals surface area (Å²) in [4.78, 5) is 0. The van der Waals surface area contributed by atoms with Gasteiger partial charge in [0.15, 0.2) is 0 Å². The number of hydrogen-bond donors (Lipinski definition) is 2. The molecule has 0 aliphatic rings. The molecule has 0 spiro atoms. The van der Waals surface area contributed by atoms with Gasteiger partial charge in [0, 0.05) is 6.42 Å². The largest absolute Gasteiger partial charge is 0.395 e. The van der Waals surface area contributed by atoms with Crippen molar-refractivity contribution in [3.8, 4) is 11.8 Å². The lowest BCUT2D eigenvalue weighted by molar-refractivity contribution is 0.305. The van der Waals surface area contributed by atoms with Gasteiger partial charge in [-0.1, -0.05) is 17.9 Å². The molecular weight excluding hydrogens is 313 g/mol. The minimum atomic E-state index is -3.71. The van der Waals surface area contributed by atoms with Crippen LogP contribution >= 0.6 is 11.3 Å². The molecule has 21 heavy (non-hydrogen) atoms. The van der Waals surface area contributed by atoms with E-state index in [0.717, 1.165) is 23.5 Å². The van der Waals surface area contributed by atoms with E-state index in [1.54, 1.807) is 11.4 Å². The first kappa shape index (κ1) is 15.5. The fourth-order valence-electron chi connectivity index (χ4n) is 1.53. The summed E-state index contributed by atoms with van der Waals surface area (Å²) in [5, 5.41) is 10.3. The van der Waals surface area contributed by atoms with Gasteiger partial charge in [0.25, 0.3) is 10.0 Å². The first-order valence-corrected chi connectivity index (χ1v) is 8.35. The van der Waals surface area contributed by atoms with E-state index in [9.17, 15) is 12.8 Å². The second kappa shape index (κ2) is 6.72. The minimum Gasteiger partial charge on any atom is -0.395 e. The Bertz CT molecular complexity index is 774. The van der Waals surface area contributed by atoms with Crippen LogP contribution in [0.1, 0.15) is 12.0 Å². The monoisotopic (exact) mass is 325 g/mol. The molecule has 110 valence electrons. The van der Waals surface area contributed by atoms with Gasteiger partial charge in [-0.25, -0.2) is 12.8 Å². The summed E-state index contributed by atoms with van der Waals surface area (Å²) in [5.74, 6) is 4.78. The Labute approximate surface area is 126 Å². The van der Waals surface area contributed by atoms with Crippen molar-refractivity contribution in [2.24, 2.45) is 0 Å². The first-order chi connectivity index (χ1) is 10.0. The Morgan fingerprint density at radius 1 is 1.33 bits per heavy atom. The molecule has 0 saturated heterocycles. The lowest BCUT2D eigenvalue weighted by Crippen LogP contribution is -2.12. The standard InChI is InChI=1S/C14H12FNO3S2/c15-12-6-7-13(11(10-12)4-1-2-8-17)16-21(18,19)14-5-3-9-20-14/h3,5-7,9-10,16-17H,2,8H2. The van der Waals surface area contributed by atoms with Crippen molar-refractivity contribution in [2.45, 2.75) is 10.6 Å². The van der Waals surface area contributed by atoms with Crippen LogP contribution in [0.3, 0.4) is 0 Å². The maximum Gasteiger partial charge on any atom is 0.271 e. The highest BCUT2D eigenvalue weighted by Crippen LogP contribution is 2.23. The van der Waals surface area contributed by atoms with Crippen molar-refractivity contribution in [1.29, 1.82) is 0 Å². The molecule has 0 radical (unpaired) electrons. The van der Waals surface area contributed by atoms with E-state index in [0.29, 0.717) is 0 Å². The zero-order valence-electron chi connectivity index (χ0n) is 10.8. The van der Waals surface area contributed by atoms with Gasteiger partial charge in [-0.05, 0) is 29.6 Å². The van der Waals surface area contributed by atoms with Crippen LogP contribution in [0.4, 0.5) is 10.1 Å². The molecule has 0 unspecified atom stereocenters. The van der Waals surface area contributed by atoms with Crippen molar-refractivity contribution in [2.75, 3.05) is 11.3 Å². The smallest absolute Gasteiger partial charge is 0.271 e. The lowest BCUT2D eigenvalue weighted by Gasteiger charge is -2.08. The zero-order valence-corrected chi connectivity index (χ0v) is 12.5. The van der Waals surface area contributed by atoms with E-state index in [-0.39, 0.29) is 28.5 Å². The zero-order chi connectivity index (χ0) is 15.3. The Hall–Kier alpha value is -1.88. The number of halogens is 1. The molecule has 7 heteroatoms. The normalized spacial score (nSPS) is 10.8. The van der Waals surface area contributed by atoms with Crippen molar-refractivity contribution < 1.29 is 17.9 Å². The van der Waals surface area contributed by atoms with Crippen LogP contribution in [0, 0.1) is 17.7 Å². The Morgan fingerprint density at radius 2 is 2.14 bits per heavy atom. The Balaban J connectivity index is 2.34. The number of rotatable bonds is 4. The van der Waals surface area contributed by atoms with Gasteiger partial charge in [-0.3, -0.25) is 4.72 Å².